The molecule has 2 saturated heterocycles. The number of para-hydroxylation sites is 2. The highest BCUT2D eigenvalue weighted by molar-refractivity contribution is 6.72. The fourth-order valence-corrected chi connectivity index (χ4v) is 11.4. The van der Waals surface area contributed by atoms with E-state index in [1.54, 1.807) is 41.1 Å². The molecule has 0 aliphatic carbocycles. The number of likely N-dealkylation sites (tertiary alicyclic amines) is 1. The fourth-order valence-electron chi connectivity index (χ4n) is 8.89. The number of benzene rings is 4. The zero-order valence-corrected chi connectivity index (χ0v) is 31.7. The van der Waals surface area contributed by atoms with E-state index in [9.17, 15) is 19.5 Å². The lowest BCUT2D eigenvalue weighted by Gasteiger charge is -2.31. The summed E-state index contributed by atoms with van der Waals surface area (Å²) in [6.07, 6.45) is 1.90. The monoisotopic (exact) mass is 748 g/mol. The highest BCUT2D eigenvalue weighted by atomic mass is 28.4. The second kappa shape index (κ2) is 14.9. The third kappa shape index (κ3) is 6.52. The molecule has 1 N–H and O–H groups in total. The average molecular weight is 749 g/mol. The van der Waals surface area contributed by atoms with E-state index in [2.05, 4.69) is 0 Å². The van der Waals surface area contributed by atoms with E-state index in [0.29, 0.717) is 53.4 Å². The SMILES string of the molecule is C[C@@H]1[C@@H]([Si](C)(C)F)[C@H](CC(=O)N2CCC[C@H]2CO)O[C@@]12C(=O)N(Cc1cccc(N(C=O)c3ccccc3)c1)c1ccc(N(C=O)c3ccccc3)cc12. The number of carbonyl (C=O) groups is 4. The van der Waals surface area contributed by atoms with E-state index in [-0.39, 0.29) is 37.4 Å². The number of ether oxygens (including phenoxy) is 1. The van der Waals surface area contributed by atoms with Crippen LogP contribution in [-0.2, 0) is 36.1 Å². The van der Waals surface area contributed by atoms with E-state index >= 15 is 8.90 Å². The van der Waals surface area contributed by atoms with Gasteiger partial charge >= 0.3 is 0 Å². The van der Waals surface area contributed by atoms with Gasteiger partial charge in [-0.3, -0.25) is 29.0 Å². The molecule has 0 bridgehead atoms. The van der Waals surface area contributed by atoms with Crippen LogP contribution >= 0.6 is 0 Å². The minimum atomic E-state index is -3.60. The van der Waals surface area contributed by atoms with E-state index in [1.165, 1.54) is 9.80 Å². The number of amides is 4. The van der Waals surface area contributed by atoms with Crippen LogP contribution < -0.4 is 14.7 Å². The summed E-state index contributed by atoms with van der Waals surface area (Å²) in [6.45, 7) is 5.49. The summed E-state index contributed by atoms with van der Waals surface area (Å²) in [5, 5.41) is 9.95. The van der Waals surface area contributed by atoms with Gasteiger partial charge in [0.15, 0.2) is 5.60 Å². The Morgan fingerprint density at radius 2 is 1.52 bits per heavy atom. The van der Waals surface area contributed by atoms with Gasteiger partial charge in [-0.05, 0) is 86.1 Å². The van der Waals surface area contributed by atoms with Gasteiger partial charge in [0, 0.05) is 46.3 Å². The summed E-state index contributed by atoms with van der Waals surface area (Å²) >= 11 is 0. The zero-order valence-electron chi connectivity index (χ0n) is 30.7. The molecule has 2 fully saturated rings. The van der Waals surface area contributed by atoms with Crippen LogP contribution in [0.15, 0.2) is 103 Å². The Morgan fingerprint density at radius 1 is 0.907 bits per heavy atom. The van der Waals surface area contributed by atoms with Crippen molar-refractivity contribution in [2.75, 3.05) is 27.9 Å². The van der Waals surface area contributed by atoms with Gasteiger partial charge < -0.3 is 23.8 Å². The predicted molar refractivity (Wildman–Crippen MR) is 208 cm³/mol. The first-order valence-electron chi connectivity index (χ1n) is 18.4. The predicted octanol–water partition coefficient (Wildman–Crippen LogP) is 6.97. The first kappa shape index (κ1) is 37.2. The third-order valence-electron chi connectivity index (χ3n) is 11.3. The molecule has 280 valence electrons. The molecule has 4 aromatic rings. The van der Waals surface area contributed by atoms with Gasteiger partial charge in [0.25, 0.3) is 5.91 Å². The number of fused-ring (bicyclic) bond motifs is 2. The topological polar surface area (TPSA) is 111 Å². The average Bonchev–Trinajstić information content (AvgIpc) is 3.83. The Kier molecular flexibility index (Phi) is 10.3. The van der Waals surface area contributed by atoms with Gasteiger partial charge in [0.2, 0.25) is 27.1 Å². The molecule has 7 rings (SSSR count). The fraction of sp³-hybridized carbons (Fsp3) is 0.333. The molecule has 4 amide bonds. The Morgan fingerprint density at radius 3 is 2.11 bits per heavy atom. The quantitative estimate of drug-likeness (QED) is 0.0953. The second-order valence-electron chi connectivity index (χ2n) is 14.9. The molecular weight excluding hydrogens is 704 g/mol. The summed E-state index contributed by atoms with van der Waals surface area (Å²) in [6, 6.07) is 30.8. The molecule has 12 heteroatoms. The molecule has 5 atom stereocenters. The minimum absolute atomic E-state index is 0.116. The van der Waals surface area contributed by atoms with Gasteiger partial charge in [0.05, 0.1) is 37.4 Å². The van der Waals surface area contributed by atoms with Crippen LogP contribution in [0.25, 0.3) is 0 Å². The van der Waals surface area contributed by atoms with Crippen molar-refractivity contribution >= 4 is 61.5 Å². The first-order chi connectivity index (χ1) is 26.0. The van der Waals surface area contributed by atoms with E-state index < -0.39 is 31.6 Å². The van der Waals surface area contributed by atoms with Gasteiger partial charge in [-0.2, -0.15) is 0 Å². The number of halogens is 1. The van der Waals surface area contributed by atoms with Gasteiger partial charge in [-0.25, -0.2) is 0 Å². The van der Waals surface area contributed by atoms with Crippen molar-refractivity contribution in [1.29, 1.82) is 0 Å². The number of rotatable bonds is 12. The smallest absolute Gasteiger partial charge is 0.264 e. The van der Waals surface area contributed by atoms with Crippen LogP contribution in [0.1, 0.15) is 37.3 Å². The van der Waals surface area contributed by atoms with Crippen LogP contribution in [0.4, 0.5) is 32.5 Å². The van der Waals surface area contributed by atoms with Crippen molar-refractivity contribution < 1.29 is 33.1 Å². The molecule has 3 aliphatic rings. The normalized spacial score (nSPS) is 23.5. The molecule has 0 saturated carbocycles. The lowest BCUT2D eigenvalue weighted by atomic mass is 9.82. The highest BCUT2D eigenvalue weighted by Gasteiger charge is 2.67. The van der Waals surface area contributed by atoms with Gasteiger partial charge in [-0.1, -0.05) is 55.5 Å². The van der Waals surface area contributed by atoms with Crippen molar-refractivity contribution in [2.45, 2.75) is 69.1 Å². The summed E-state index contributed by atoms with van der Waals surface area (Å²) in [5.41, 5.74) is 1.86. The van der Waals surface area contributed by atoms with Crippen molar-refractivity contribution in [3.05, 3.63) is 114 Å². The van der Waals surface area contributed by atoms with E-state index in [0.717, 1.165) is 18.4 Å². The number of aliphatic hydroxyl groups excluding tert-OH is 1. The molecule has 10 nitrogen and oxygen atoms in total. The highest BCUT2D eigenvalue weighted by Crippen LogP contribution is 2.61. The third-order valence-corrected chi connectivity index (χ3v) is 13.8. The maximum absolute atomic E-state index is 16.6. The molecule has 3 aliphatic heterocycles. The van der Waals surface area contributed by atoms with Gasteiger partial charge in [-0.15, -0.1) is 0 Å². The van der Waals surface area contributed by atoms with E-state index in [1.807, 2.05) is 91.9 Å². The summed E-state index contributed by atoms with van der Waals surface area (Å²) in [7, 11) is -3.60. The molecule has 0 radical (unpaired) electrons. The molecule has 3 heterocycles. The van der Waals surface area contributed by atoms with Crippen LogP contribution in [0.5, 0.6) is 0 Å². The summed E-state index contributed by atoms with van der Waals surface area (Å²) in [4.78, 5) is 60.2. The van der Waals surface area contributed by atoms with E-state index in [4.69, 9.17) is 4.74 Å². The van der Waals surface area contributed by atoms with Crippen molar-refractivity contribution in [3.8, 4) is 0 Å². The lowest BCUT2D eigenvalue weighted by Crippen LogP contribution is -2.45. The number of nitrogens with zero attached hydrogens (tertiary/aromatic N) is 4. The number of hydrogen-bond acceptors (Lipinski definition) is 6. The van der Waals surface area contributed by atoms with Crippen LogP contribution in [0, 0.1) is 5.92 Å². The Hall–Kier alpha value is -5.17. The van der Waals surface area contributed by atoms with Crippen molar-refractivity contribution in [3.63, 3.8) is 0 Å². The Balaban J connectivity index is 1.31. The largest absolute Gasteiger partial charge is 0.394 e. The van der Waals surface area contributed by atoms with Crippen LogP contribution in [-0.4, -0.2) is 68.3 Å². The minimum Gasteiger partial charge on any atom is -0.394 e. The maximum atomic E-state index is 16.6. The molecule has 0 unspecified atom stereocenters. The van der Waals surface area contributed by atoms with Crippen molar-refractivity contribution in [2.24, 2.45) is 5.92 Å². The van der Waals surface area contributed by atoms with Crippen molar-refractivity contribution in [1.82, 2.24) is 4.90 Å². The molecule has 54 heavy (non-hydrogen) atoms. The van der Waals surface area contributed by atoms with Gasteiger partial charge in [0.1, 0.15) is 0 Å². The molecule has 4 aromatic carbocycles. The number of anilines is 5. The number of aliphatic hydroxyl groups is 1. The Bertz CT molecular complexity index is 2030. The summed E-state index contributed by atoms with van der Waals surface area (Å²) in [5.74, 6) is -1.28. The molecule has 1 spiro atoms. The van der Waals surface area contributed by atoms with Crippen LogP contribution in [0.2, 0.25) is 18.6 Å². The first-order valence-corrected chi connectivity index (χ1v) is 21.4. The number of carbonyl (C=O) groups excluding carboxylic acids is 4. The summed E-state index contributed by atoms with van der Waals surface area (Å²) < 4.78 is 23.5. The maximum Gasteiger partial charge on any atom is 0.264 e. The standard InChI is InChI=1S/C42H45FN4O6Si/c1-29-40(54(2,3)43)38(24-39(51)44-21-11-18-35(44)26-48)53-42(29)36-23-34(47(28-50)32-15-8-5-9-16-32)19-20-37(36)45(41(42)52)25-30-12-10-17-33(22-30)46(27-49)31-13-6-4-7-14-31/h4-10,12-17,19-20,22-23,27-29,35,38,40,48H,11,18,21,24-26H2,1-3H3/t29-,35+,38+,40-,42+/m1/s1. The zero-order chi connectivity index (χ0) is 38.2. The number of hydrogen-bond donors (Lipinski definition) is 1. The molecular formula is C42H45FN4O6Si. The Labute approximate surface area is 315 Å². The second-order valence-corrected chi connectivity index (χ2v) is 18.7. The molecule has 0 aromatic heterocycles. The van der Waals surface area contributed by atoms with Crippen LogP contribution in [0.3, 0.4) is 0 Å². The lowest BCUT2D eigenvalue weighted by molar-refractivity contribution is -0.150.